The van der Waals surface area contributed by atoms with Crippen molar-refractivity contribution in [3.8, 4) is 0 Å². The Morgan fingerprint density at radius 1 is 0.688 bits per heavy atom. The van der Waals surface area contributed by atoms with E-state index >= 15 is 0 Å². The van der Waals surface area contributed by atoms with Gasteiger partial charge in [-0.2, -0.15) is 0 Å². The Morgan fingerprint density at radius 2 is 1.41 bits per heavy atom. The molecule has 0 fully saturated rings. The first-order valence-electron chi connectivity index (χ1n) is 9.97. The number of hydrogen-bond donors (Lipinski definition) is 2. The lowest BCUT2D eigenvalue weighted by Crippen LogP contribution is -2.18. The molecule has 156 valence electrons. The monoisotopic (exact) mass is 440 g/mol. The zero-order valence-electron chi connectivity index (χ0n) is 16.8. The third-order valence-electron chi connectivity index (χ3n) is 5.16. The predicted octanol–water partition coefficient (Wildman–Crippen LogP) is 6.74. The van der Waals surface area contributed by atoms with Gasteiger partial charge in [-0.05, 0) is 60.7 Å². The average molecular weight is 441 g/mol. The van der Waals surface area contributed by atoms with Crippen LogP contribution in [0.3, 0.4) is 0 Å². The lowest BCUT2D eigenvalue weighted by Gasteiger charge is -2.12. The minimum Gasteiger partial charge on any atom is -0.456 e. The van der Waals surface area contributed by atoms with Gasteiger partial charge >= 0.3 is 0 Å². The van der Waals surface area contributed by atoms with Gasteiger partial charge in [0.15, 0.2) is 0 Å². The number of hydrogen-bond acceptors (Lipinski definition) is 3. The van der Waals surface area contributed by atoms with Crippen LogP contribution in [0.5, 0.6) is 0 Å². The van der Waals surface area contributed by atoms with Crippen LogP contribution >= 0.6 is 11.6 Å². The van der Waals surface area contributed by atoms with Gasteiger partial charge in [-0.1, -0.05) is 41.9 Å². The van der Waals surface area contributed by atoms with E-state index in [0.717, 1.165) is 16.4 Å². The van der Waals surface area contributed by atoms with Crippen LogP contribution in [0.1, 0.15) is 20.7 Å². The van der Waals surface area contributed by atoms with Gasteiger partial charge in [0, 0.05) is 27.0 Å². The Labute approximate surface area is 188 Å². The smallest absolute Gasteiger partial charge is 0.257 e. The van der Waals surface area contributed by atoms with Gasteiger partial charge in [-0.3, -0.25) is 9.59 Å². The molecule has 0 aliphatic rings. The van der Waals surface area contributed by atoms with E-state index in [9.17, 15) is 9.59 Å². The number of halogens is 1. The zero-order chi connectivity index (χ0) is 22.1. The normalized spacial score (nSPS) is 10.9. The summed E-state index contributed by atoms with van der Waals surface area (Å²) in [6, 6.07) is 26.7. The second kappa shape index (κ2) is 8.21. The molecule has 0 atom stereocenters. The van der Waals surface area contributed by atoms with Crippen LogP contribution in [0.2, 0.25) is 5.02 Å². The van der Waals surface area contributed by atoms with Gasteiger partial charge in [-0.25, -0.2) is 0 Å². The molecule has 6 heteroatoms. The highest BCUT2D eigenvalue weighted by Gasteiger charge is 2.16. The molecule has 1 heterocycles. The summed E-state index contributed by atoms with van der Waals surface area (Å²) in [7, 11) is 0. The molecule has 0 saturated carbocycles. The SMILES string of the molecule is O=C(Nc1ccccc1C(=O)Nc1ccc(Cl)cc1)c1ccc2oc3ccccc3c2c1. The number of para-hydroxylation sites is 2. The van der Waals surface area contributed by atoms with Gasteiger partial charge in [0.2, 0.25) is 0 Å². The molecule has 0 spiro atoms. The van der Waals surface area contributed by atoms with Crippen LogP contribution in [0.25, 0.3) is 21.9 Å². The van der Waals surface area contributed by atoms with E-state index < -0.39 is 0 Å². The molecular formula is C26H17ClN2O3. The Hall–Kier alpha value is -4.09. The number of benzene rings is 4. The van der Waals surface area contributed by atoms with Gasteiger partial charge in [0.25, 0.3) is 11.8 Å². The standard InChI is InChI=1S/C26H17ClN2O3/c27-17-10-12-18(13-11-17)28-26(31)20-6-1-3-7-22(20)29-25(30)16-9-14-24-21(15-16)19-5-2-4-8-23(19)32-24/h1-15H,(H,28,31)(H,29,30). The second-order valence-electron chi connectivity index (χ2n) is 7.27. The summed E-state index contributed by atoms with van der Waals surface area (Å²) in [4.78, 5) is 25.8. The van der Waals surface area contributed by atoms with E-state index in [2.05, 4.69) is 10.6 Å². The summed E-state index contributed by atoms with van der Waals surface area (Å²) in [6.07, 6.45) is 0. The van der Waals surface area contributed by atoms with E-state index in [4.69, 9.17) is 16.0 Å². The molecule has 0 bridgehead atoms. The first kappa shape index (κ1) is 19.8. The molecule has 5 nitrogen and oxygen atoms in total. The molecule has 1 aromatic heterocycles. The van der Waals surface area contributed by atoms with Crippen molar-refractivity contribution in [1.29, 1.82) is 0 Å². The summed E-state index contributed by atoms with van der Waals surface area (Å²) in [6.45, 7) is 0. The van der Waals surface area contributed by atoms with Crippen molar-refractivity contribution in [3.05, 3.63) is 107 Å². The summed E-state index contributed by atoms with van der Waals surface area (Å²) in [5.74, 6) is -0.650. The molecule has 5 aromatic rings. The highest BCUT2D eigenvalue weighted by atomic mass is 35.5. The van der Waals surface area contributed by atoms with Crippen LogP contribution in [0.4, 0.5) is 11.4 Å². The fraction of sp³-hybridized carbons (Fsp3) is 0. The fourth-order valence-corrected chi connectivity index (χ4v) is 3.71. The molecule has 0 saturated heterocycles. The number of nitrogens with one attached hydrogen (secondary N) is 2. The van der Waals surface area contributed by atoms with Crippen molar-refractivity contribution >= 4 is 56.7 Å². The number of carbonyl (C=O) groups excluding carboxylic acids is 2. The maximum atomic E-state index is 13.0. The van der Waals surface area contributed by atoms with E-state index in [-0.39, 0.29) is 11.8 Å². The Balaban J connectivity index is 1.41. The highest BCUT2D eigenvalue weighted by Crippen LogP contribution is 2.29. The summed E-state index contributed by atoms with van der Waals surface area (Å²) < 4.78 is 5.83. The van der Waals surface area contributed by atoms with Crippen molar-refractivity contribution in [2.24, 2.45) is 0 Å². The minimum absolute atomic E-state index is 0.316. The third kappa shape index (κ3) is 3.82. The zero-order valence-corrected chi connectivity index (χ0v) is 17.5. The van der Waals surface area contributed by atoms with Crippen LogP contribution < -0.4 is 10.6 Å². The average Bonchev–Trinajstić information content (AvgIpc) is 3.19. The lowest BCUT2D eigenvalue weighted by atomic mass is 10.1. The number of amides is 2. The molecule has 32 heavy (non-hydrogen) atoms. The first-order chi connectivity index (χ1) is 15.6. The van der Waals surface area contributed by atoms with E-state index in [0.29, 0.717) is 33.1 Å². The number of fused-ring (bicyclic) bond motifs is 3. The fourth-order valence-electron chi connectivity index (χ4n) is 3.58. The Bertz CT molecular complexity index is 1470. The maximum Gasteiger partial charge on any atom is 0.257 e. The quantitative estimate of drug-likeness (QED) is 0.325. The van der Waals surface area contributed by atoms with E-state index in [1.54, 1.807) is 66.7 Å². The van der Waals surface area contributed by atoms with Crippen LogP contribution in [0, 0.1) is 0 Å². The molecule has 5 rings (SSSR count). The number of furan rings is 1. The van der Waals surface area contributed by atoms with Crippen molar-refractivity contribution in [2.45, 2.75) is 0 Å². The molecule has 2 amide bonds. The van der Waals surface area contributed by atoms with E-state index in [1.165, 1.54) is 0 Å². The number of rotatable bonds is 4. The third-order valence-corrected chi connectivity index (χ3v) is 5.41. The maximum absolute atomic E-state index is 13.0. The summed E-state index contributed by atoms with van der Waals surface area (Å²) in [5.41, 5.74) is 3.33. The molecule has 0 aliphatic carbocycles. The Kier molecular flexibility index (Phi) is 5.09. The summed E-state index contributed by atoms with van der Waals surface area (Å²) in [5, 5.41) is 8.06. The largest absolute Gasteiger partial charge is 0.456 e. The van der Waals surface area contributed by atoms with Gasteiger partial charge in [0.1, 0.15) is 11.2 Å². The van der Waals surface area contributed by atoms with Gasteiger partial charge < -0.3 is 15.1 Å². The minimum atomic E-state index is -0.334. The first-order valence-corrected chi connectivity index (χ1v) is 10.3. The van der Waals surface area contributed by atoms with Crippen molar-refractivity contribution < 1.29 is 14.0 Å². The van der Waals surface area contributed by atoms with Gasteiger partial charge in [-0.15, -0.1) is 0 Å². The van der Waals surface area contributed by atoms with E-state index in [1.807, 2.05) is 24.3 Å². The molecule has 0 aliphatic heterocycles. The van der Waals surface area contributed by atoms with Crippen LogP contribution in [-0.4, -0.2) is 11.8 Å². The topological polar surface area (TPSA) is 71.3 Å². The van der Waals surface area contributed by atoms with Crippen LogP contribution in [-0.2, 0) is 0 Å². The van der Waals surface area contributed by atoms with Gasteiger partial charge in [0.05, 0.1) is 11.3 Å². The summed E-state index contributed by atoms with van der Waals surface area (Å²) >= 11 is 5.90. The number of anilines is 2. The van der Waals surface area contributed by atoms with Crippen molar-refractivity contribution in [3.63, 3.8) is 0 Å². The predicted molar refractivity (Wildman–Crippen MR) is 128 cm³/mol. The second-order valence-corrected chi connectivity index (χ2v) is 7.71. The van der Waals surface area contributed by atoms with Crippen molar-refractivity contribution in [2.75, 3.05) is 10.6 Å². The molecule has 0 unspecified atom stereocenters. The van der Waals surface area contributed by atoms with Crippen LogP contribution in [0.15, 0.2) is 95.4 Å². The lowest BCUT2D eigenvalue weighted by molar-refractivity contribution is 0.102. The molecule has 2 N–H and O–H groups in total. The number of carbonyl (C=O) groups is 2. The van der Waals surface area contributed by atoms with Crippen molar-refractivity contribution in [1.82, 2.24) is 0 Å². The molecule has 0 radical (unpaired) electrons. The molecule has 4 aromatic carbocycles. The highest BCUT2D eigenvalue weighted by molar-refractivity contribution is 6.30. The molecular weight excluding hydrogens is 424 g/mol. The Morgan fingerprint density at radius 3 is 2.25 bits per heavy atom.